The summed E-state index contributed by atoms with van der Waals surface area (Å²) in [5.41, 5.74) is 4.19. The number of benzene rings is 1. The van der Waals surface area contributed by atoms with Gasteiger partial charge in [-0.3, -0.25) is 0 Å². The van der Waals surface area contributed by atoms with Gasteiger partial charge in [0.15, 0.2) is 0 Å². The van der Waals surface area contributed by atoms with Gasteiger partial charge < -0.3 is 0 Å². The second kappa shape index (κ2) is 2.52. The number of hydrogen-bond acceptors (Lipinski definition) is 0. The summed E-state index contributed by atoms with van der Waals surface area (Å²) in [6, 6.07) is 6.66. The van der Waals surface area contributed by atoms with Gasteiger partial charge in [0, 0.05) is 0 Å². The fourth-order valence-electron chi connectivity index (χ4n) is 1.76. The van der Waals surface area contributed by atoms with E-state index in [9.17, 15) is 0 Å². The van der Waals surface area contributed by atoms with E-state index >= 15 is 0 Å². The Labute approximate surface area is 82.9 Å². The van der Waals surface area contributed by atoms with Crippen LogP contribution < -0.4 is 0 Å². The van der Waals surface area contributed by atoms with E-state index in [2.05, 4.69) is 61.9 Å². The fraction of sp³-hybridized carbons (Fsp3) is 0.273. The molecular formula is C11H11Li. The molecule has 2 rings (SSSR count). The van der Waals surface area contributed by atoms with E-state index in [1.165, 1.54) is 16.7 Å². The van der Waals surface area contributed by atoms with Gasteiger partial charge in [0.1, 0.15) is 0 Å². The number of allylic oxidation sites excluding steroid dienone is 1. The SMILES string of the molecule is [Li][C]1(C)C=Cc2ccc(C)cc21. The molecule has 1 aromatic carbocycles. The molecule has 0 amide bonds. The molecule has 1 heteroatoms. The summed E-state index contributed by atoms with van der Waals surface area (Å²) in [6.07, 6.45) is 4.49. The van der Waals surface area contributed by atoms with Crippen molar-refractivity contribution in [2.45, 2.75) is 17.9 Å². The first kappa shape index (κ1) is 8.17. The minimum absolute atomic E-state index is 0.237. The van der Waals surface area contributed by atoms with Crippen molar-refractivity contribution >= 4 is 23.8 Å². The van der Waals surface area contributed by atoms with Crippen LogP contribution >= 0.6 is 0 Å². The molecule has 0 spiro atoms. The Balaban J connectivity index is 2.63. The van der Waals surface area contributed by atoms with Crippen molar-refractivity contribution in [2.75, 3.05) is 0 Å². The topological polar surface area (TPSA) is 0 Å². The van der Waals surface area contributed by atoms with Gasteiger partial charge in [-0.2, -0.15) is 0 Å². The Hall–Kier alpha value is -0.443. The van der Waals surface area contributed by atoms with E-state index in [0.717, 1.165) is 0 Å². The Morgan fingerprint density at radius 3 is 2.83 bits per heavy atom. The minimum atomic E-state index is 0.237. The van der Waals surface area contributed by atoms with Crippen LogP contribution in [0.5, 0.6) is 0 Å². The molecule has 0 aromatic heterocycles. The predicted molar refractivity (Wildman–Crippen MR) is 53.3 cm³/mol. The third-order valence-corrected chi connectivity index (χ3v) is 2.58. The van der Waals surface area contributed by atoms with Crippen molar-refractivity contribution in [2.24, 2.45) is 0 Å². The van der Waals surface area contributed by atoms with Gasteiger partial charge in [0.05, 0.1) is 0 Å². The van der Waals surface area contributed by atoms with Crippen LogP contribution in [0.25, 0.3) is 6.08 Å². The van der Waals surface area contributed by atoms with Gasteiger partial charge in [0.25, 0.3) is 0 Å². The number of aryl methyl sites for hydroxylation is 1. The summed E-state index contributed by atoms with van der Waals surface area (Å²) in [5.74, 6) is 0. The first-order chi connectivity index (χ1) is 5.59. The van der Waals surface area contributed by atoms with Gasteiger partial charge in [-0.05, 0) is 0 Å². The van der Waals surface area contributed by atoms with E-state index in [0.29, 0.717) is 0 Å². The summed E-state index contributed by atoms with van der Waals surface area (Å²) in [7, 11) is 0. The second-order valence-electron chi connectivity index (χ2n) is 4.15. The third-order valence-electron chi connectivity index (χ3n) is 2.58. The Morgan fingerprint density at radius 1 is 1.33 bits per heavy atom. The Kier molecular flexibility index (Phi) is 1.72. The van der Waals surface area contributed by atoms with Crippen molar-refractivity contribution in [3.05, 3.63) is 41.0 Å². The molecule has 0 saturated heterocycles. The summed E-state index contributed by atoms with van der Waals surface area (Å²) in [5, 5.41) is 0. The van der Waals surface area contributed by atoms with Crippen molar-refractivity contribution in [3.63, 3.8) is 0 Å². The molecular weight excluding hydrogens is 139 g/mol. The molecule has 0 heterocycles. The Morgan fingerprint density at radius 2 is 2.08 bits per heavy atom. The molecule has 1 unspecified atom stereocenters. The summed E-state index contributed by atoms with van der Waals surface area (Å²) < 4.78 is 0.237. The average molecular weight is 150 g/mol. The van der Waals surface area contributed by atoms with E-state index in [-0.39, 0.29) is 4.09 Å². The summed E-state index contributed by atoms with van der Waals surface area (Å²) in [6.45, 7) is 4.41. The van der Waals surface area contributed by atoms with Crippen LogP contribution in [0.15, 0.2) is 24.3 Å². The zero-order valence-electron chi connectivity index (χ0n) is 7.89. The van der Waals surface area contributed by atoms with Gasteiger partial charge in [0.2, 0.25) is 0 Å². The molecule has 0 N–H and O–H groups in total. The van der Waals surface area contributed by atoms with Crippen molar-refractivity contribution in [1.29, 1.82) is 0 Å². The van der Waals surface area contributed by atoms with Crippen LogP contribution in [0.4, 0.5) is 0 Å². The summed E-state index contributed by atoms with van der Waals surface area (Å²) >= 11 is 2.26. The third kappa shape index (κ3) is 1.16. The first-order valence-electron chi connectivity index (χ1n) is 4.40. The van der Waals surface area contributed by atoms with Crippen LogP contribution in [0.2, 0.25) is 0 Å². The molecule has 1 aliphatic rings. The standard InChI is InChI=1S/C11H11.Li/c1-8-3-5-10-6-4-9(2)11(10)7-8;/h3-7H,1-2H3;. The van der Waals surface area contributed by atoms with Crippen molar-refractivity contribution in [1.82, 2.24) is 0 Å². The first-order valence-corrected chi connectivity index (χ1v) is 4.40. The molecule has 0 nitrogen and oxygen atoms in total. The molecule has 0 radical (unpaired) electrons. The van der Waals surface area contributed by atoms with E-state index in [1.807, 2.05) is 0 Å². The van der Waals surface area contributed by atoms with Crippen molar-refractivity contribution in [3.8, 4) is 0 Å². The van der Waals surface area contributed by atoms with Gasteiger partial charge >= 0.3 is 82.7 Å². The molecule has 1 aromatic rings. The molecule has 0 aliphatic heterocycles. The maximum atomic E-state index is 2.29. The van der Waals surface area contributed by atoms with Crippen LogP contribution in [-0.2, 0) is 4.09 Å². The van der Waals surface area contributed by atoms with E-state index in [4.69, 9.17) is 0 Å². The normalized spacial score (nSPS) is 26.0. The molecule has 1 aliphatic carbocycles. The molecule has 1 atom stereocenters. The van der Waals surface area contributed by atoms with Crippen LogP contribution in [-0.4, -0.2) is 17.7 Å². The predicted octanol–water partition coefficient (Wildman–Crippen LogP) is 2.41. The van der Waals surface area contributed by atoms with E-state index < -0.39 is 0 Å². The molecule has 12 heavy (non-hydrogen) atoms. The maximum absolute atomic E-state index is 2.29. The zero-order chi connectivity index (χ0) is 8.77. The number of fused-ring (bicyclic) bond motifs is 1. The molecule has 0 fully saturated rings. The van der Waals surface area contributed by atoms with Gasteiger partial charge in [-0.1, -0.05) is 0 Å². The van der Waals surface area contributed by atoms with Gasteiger partial charge in [-0.25, -0.2) is 0 Å². The number of hydrogen-bond donors (Lipinski definition) is 0. The van der Waals surface area contributed by atoms with Crippen LogP contribution in [0.1, 0.15) is 23.6 Å². The second-order valence-corrected chi connectivity index (χ2v) is 4.15. The van der Waals surface area contributed by atoms with E-state index in [1.54, 1.807) is 0 Å². The summed E-state index contributed by atoms with van der Waals surface area (Å²) in [4.78, 5) is 0. The zero-order valence-corrected chi connectivity index (χ0v) is 7.89. The fourth-order valence-corrected chi connectivity index (χ4v) is 1.76. The Bertz CT molecular complexity index is 348. The number of rotatable bonds is 0. The molecule has 0 bridgehead atoms. The van der Waals surface area contributed by atoms with Gasteiger partial charge in [-0.15, -0.1) is 0 Å². The average Bonchev–Trinajstić information content (AvgIpc) is 2.28. The van der Waals surface area contributed by atoms with Crippen LogP contribution in [0, 0.1) is 6.92 Å². The quantitative estimate of drug-likeness (QED) is 0.498. The van der Waals surface area contributed by atoms with Crippen LogP contribution in [0.3, 0.4) is 0 Å². The molecule has 56 valence electrons. The molecule has 0 saturated carbocycles. The monoisotopic (exact) mass is 150 g/mol. The van der Waals surface area contributed by atoms with Crippen molar-refractivity contribution < 1.29 is 0 Å².